The fraction of sp³-hybridized carbons (Fsp3) is 0.385. The number of esters is 1. The van der Waals surface area contributed by atoms with Gasteiger partial charge in [-0.05, 0) is 37.5 Å². The third-order valence-electron chi connectivity index (χ3n) is 2.95. The van der Waals surface area contributed by atoms with E-state index in [2.05, 4.69) is 10.1 Å². The Morgan fingerprint density at radius 2 is 2.06 bits per heavy atom. The molecule has 1 saturated carbocycles. The number of benzene rings is 1. The lowest BCUT2D eigenvalue weighted by Gasteiger charge is -2.10. The minimum absolute atomic E-state index is 0.0371. The van der Waals surface area contributed by atoms with Gasteiger partial charge >= 0.3 is 5.97 Å². The lowest BCUT2D eigenvalue weighted by molar-refractivity contribution is -0.117. The van der Waals surface area contributed by atoms with E-state index in [1.807, 2.05) is 0 Å². The van der Waals surface area contributed by atoms with Crippen LogP contribution in [0.1, 0.15) is 28.8 Å². The van der Waals surface area contributed by atoms with Gasteiger partial charge in [0.25, 0.3) is 0 Å². The standard InChI is InChI=1S/C13H15NO3/c1-8-10(13(16)17-2)4-3-5-11(8)14-12(15)9-6-7-9/h3-5,9H,6-7H2,1-2H3,(H,14,15). The number of ether oxygens (including phenoxy) is 1. The quantitative estimate of drug-likeness (QED) is 0.814. The van der Waals surface area contributed by atoms with Crippen molar-refractivity contribution >= 4 is 17.6 Å². The molecule has 0 aliphatic heterocycles. The zero-order chi connectivity index (χ0) is 12.4. The second kappa shape index (κ2) is 4.57. The molecule has 2 rings (SSSR count). The van der Waals surface area contributed by atoms with Crippen molar-refractivity contribution in [1.29, 1.82) is 0 Å². The predicted octanol–water partition coefficient (Wildman–Crippen LogP) is 2.13. The van der Waals surface area contributed by atoms with Crippen LogP contribution in [-0.4, -0.2) is 19.0 Å². The molecule has 90 valence electrons. The Morgan fingerprint density at radius 3 is 2.65 bits per heavy atom. The minimum atomic E-state index is -0.384. The van der Waals surface area contributed by atoms with Crippen molar-refractivity contribution < 1.29 is 14.3 Å². The summed E-state index contributed by atoms with van der Waals surface area (Å²) in [7, 11) is 1.34. The maximum atomic E-state index is 11.7. The first-order valence-corrected chi connectivity index (χ1v) is 5.62. The first-order chi connectivity index (χ1) is 8.13. The number of nitrogens with one attached hydrogen (secondary N) is 1. The molecule has 0 radical (unpaired) electrons. The molecule has 1 fully saturated rings. The van der Waals surface area contributed by atoms with Crippen LogP contribution in [0.4, 0.5) is 5.69 Å². The van der Waals surface area contributed by atoms with Crippen LogP contribution in [0.5, 0.6) is 0 Å². The van der Waals surface area contributed by atoms with Crippen molar-refractivity contribution in [1.82, 2.24) is 0 Å². The number of rotatable bonds is 3. The van der Waals surface area contributed by atoms with Crippen LogP contribution in [0.25, 0.3) is 0 Å². The number of hydrogen-bond acceptors (Lipinski definition) is 3. The van der Waals surface area contributed by atoms with Gasteiger partial charge in [0.1, 0.15) is 0 Å². The number of hydrogen-bond donors (Lipinski definition) is 1. The van der Waals surface area contributed by atoms with E-state index < -0.39 is 0 Å². The normalized spacial score (nSPS) is 14.2. The van der Waals surface area contributed by atoms with Gasteiger partial charge < -0.3 is 10.1 Å². The summed E-state index contributed by atoms with van der Waals surface area (Å²) in [5.74, 6) is -0.198. The first kappa shape index (κ1) is 11.6. The van der Waals surface area contributed by atoms with E-state index in [-0.39, 0.29) is 17.8 Å². The summed E-state index contributed by atoms with van der Waals surface area (Å²) in [6.45, 7) is 1.80. The molecule has 1 aromatic rings. The number of amides is 1. The van der Waals surface area contributed by atoms with Crippen molar-refractivity contribution in [3.63, 3.8) is 0 Å². The molecule has 0 bridgehead atoms. The number of carbonyl (C=O) groups excluding carboxylic acids is 2. The Labute approximate surface area is 100.0 Å². The van der Waals surface area contributed by atoms with E-state index in [0.717, 1.165) is 18.4 Å². The maximum absolute atomic E-state index is 11.7. The predicted molar refractivity (Wildman–Crippen MR) is 63.9 cm³/mol. The summed E-state index contributed by atoms with van der Waals surface area (Å²) in [5.41, 5.74) is 1.92. The van der Waals surface area contributed by atoms with E-state index in [4.69, 9.17) is 0 Å². The third kappa shape index (κ3) is 2.46. The molecule has 1 aliphatic rings. The smallest absolute Gasteiger partial charge is 0.338 e. The summed E-state index contributed by atoms with van der Waals surface area (Å²) < 4.78 is 4.69. The number of methoxy groups -OCH3 is 1. The van der Waals surface area contributed by atoms with Gasteiger partial charge in [-0.25, -0.2) is 4.79 Å². The molecule has 17 heavy (non-hydrogen) atoms. The Kier molecular flexibility index (Phi) is 3.13. The molecule has 4 heteroatoms. The average Bonchev–Trinajstić information content (AvgIpc) is 3.14. The highest BCUT2D eigenvalue weighted by Crippen LogP contribution is 2.31. The van der Waals surface area contributed by atoms with Crippen molar-refractivity contribution in [2.45, 2.75) is 19.8 Å². The van der Waals surface area contributed by atoms with Crippen LogP contribution in [-0.2, 0) is 9.53 Å². The van der Waals surface area contributed by atoms with Crippen LogP contribution in [0.3, 0.4) is 0 Å². The molecule has 0 unspecified atom stereocenters. The van der Waals surface area contributed by atoms with Crippen LogP contribution in [0, 0.1) is 12.8 Å². The van der Waals surface area contributed by atoms with E-state index in [0.29, 0.717) is 11.3 Å². The molecule has 1 aromatic carbocycles. The highest BCUT2D eigenvalue weighted by atomic mass is 16.5. The van der Waals surface area contributed by atoms with Crippen LogP contribution in [0.2, 0.25) is 0 Å². The minimum Gasteiger partial charge on any atom is -0.465 e. The van der Waals surface area contributed by atoms with Crippen molar-refractivity contribution in [2.75, 3.05) is 12.4 Å². The van der Waals surface area contributed by atoms with Gasteiger partial charge in [0.2, 0.25) is 5.91 Å². The molecular formula is C13H15NO3. The molecule has 0 atom stereocenters. The fourth-order valence-electron chi connectivity index (χ4n) is 1.68. The zero-order valence-electron chi connectivity index (χ0n) is 9.95. The van der Waals surface area contributed by atoms with Gasteiger partial charge in [-0.3, -0.25) is 4.79 Å². The highest BCUT2D eigenvalue weighted by molar-refractivity contribution is 5.98. The second-order valence-corrected chi connectivity index (χ2v) is 4.23. The molecule has 0 heterocycles. The van der Waals surface area contributed by atoms with Gasteiger partial charge in [0.15, 0.2) is 0 Å². The topological polar surface area (TPSA) is 55.4 Å². The van der Waals surface area contributed by atoms with Crippen LogP contribution >= 0.6 is 0 Å². The number of anilines is 1. The Balaban J connectivity index is 2.22. The van der Waals surface area contributed by atoms with E-state index in [9.17, 15) is 9.59 Å². The largest absolute Gasteiger partial charge is 0.465 e. The van der Waals surface area contributed by atoms with Crippen LogP contribution in [0.15, 0.2) is 18.2 Å². The molecule has 1 N–H and O–H groups in total. The molecule has 1 amide bonds. The molecule has 0 saturated heterocycles. The highest BCUT2D eigenvalue weighted by Gasteiger charge is 2.30. The Bertz CT molecular complexity index is 464. The van der Waals surface area contributed by atoms with Gasteiger partial charge in [-0.2, -0.15) is 0 Å². The van der Waals surface area contributed by atoms with E-state index in [1.165, 1.54) is 7.11 Å². The molecule has 4 nitrogen and oxygen atoms in total. The van der Waals surface area contributed by atoms with Gasteiger partial charge in [-0.1, -0.05) is 6.07 Å². The molecular weight excluding hydrogens is 218 g/mol. The summed E-state index contributed by atoms with van der Waals surface area (Å²) in [4.78, 5) is 23.1. The van der Waals surface area contributed by atoms with Crippen LogP contribution < -0.4 is 5.32 Å². The monoisotopic (exact) mass is 233 g/mol. The van der Waals surface area contributed by atoms with Gasteiger partial charge in [-0.15, -0.1) is 0 Å². The number of carbonyl (C=O) groups is 2. The summed E-state index contributed by atoms with van der Waals surface area (Å²) in [6, 6.07) is 5.22. The van der Waals surface area contributed by atoms with Gasteiger partial charge in [0, 0.05) is 11.6 Å². The van der Waals surface area contributed by atoms with Gasteiger partial charge in [0.05, 0.1) is 12.7 Å². The molecule has 1 aliphatic carbocycles. The van der Waals surface area contributed by atoms with Crippen molar-refractivity contribution in [2.24, 2.45) is 5.92 Å². The van der Waals surface area contributed by atoms with Crippen molar-refractivity contribution in [3.05, 3.63) is 29.3 Å². The second-order valence-electron chi connectivity index (χ2n) is 4.23. The Hall–Kier alpha value is -1.84. The SMILES string of the molecule is COC(=O)c1cccc(NC(=O)C2CC2)c1C. The average molecular weight is 233 g/mol. The first-order valence-electron chi connectivity index (χ1n) is 5.62. The maximum Gasteiger partial charge on any atom is 0.338 e. The van der Waals surface area contributed by atoms with Crippen molar-refractivity contribution in [3.8, 4) is 0 Å². The molecule has 0 spiro atoms. The van der Waals surface area contributed by atoms with E-state index in [1.54, 1.807) is 25.1 Å². The lowest BCUT2D eigenvalue weighted by Crippen LogP contribution is -2.15. The summed E-state index contributed by atoms with van der Waals surface area (Å²) >= 11 is 0. The summed E-state index contributed by atoms with van der Waals surface area (Å²) in [5, 5.41) is 2.84. The Morgan fingerprint density at radius 1 is 1.35 bits per heavy atom. The van der Waals surface area contributed by atoms with E-state index >= 15 is 0 Å². The third-order valence-corrected chi connectivity index (χ3v) is 2.95. The fourth-order valence-corrected chi connectivity index (χ4v) is 1.68. The zero-order valence-corrected chi connectivity index (χ0v) is 9.95. The lowest BCUT2D eigenvalue weighted by atomic mass is 10.1. The summed E-state index contributed by atoms with van der Waals surface area (Å²) in [6.07, 6.45) is 1.92. The molecule has 0 aromatic heterocycles.